The first kappa shape index (κ1) is 20.6. The van der Waals surface area contributed by atoms with Crippen molar-refractivity contribution in [1.29, 1.82) is 0 Å². The van der Waals surface area contributed by atoms with Gasteiger partial charge in [-0.25, -0.2) is 8.42 Å². The van der Waals surface area contributed by atoms with E-state index in [4.69, 9.17) is 16.3 Å². The summed E-state index contributed by atoms with van der Waals surface area (Å²) in [6.45, 7) is 5.11. The fraction of sp³-hybridized carbons (Fsp3) is 0.409. The summed E-state index contributed by atoms with van der Waals surface area (Å²) in [4.78, 5) is 14.8. The summed E-state index contributed by atoms with van der Waals surface area (Å²) in [6.07, 6.45) is 1.92. The van der Waals surface area contributed by atoms with Crippen LogP contribution in [0, 0.1) is 6.92 Å². The molecule has 0 aromatic heterocycles. The Morgan fingerprint density at radius 1 is 1.16 bits per heavy atom. The van der Waals surface area contributed by atoms with Crippen LogP contribution in [-0.2, 0) is 15.6 Å². The molecule has 2 aromatic carbocycles. The highest BCUT2D eigenvalue weighted by Gasteiger charge is 2.32. The van der Waals surface area contributed by atoms with E-state index < -0.39 is 9.84 Å². The molecule has 1 amide bonds. The van der Waals surface area contributed by atoms with E-state index in [1.54, 1.807) is 13.0 Å². The molecular weight excluding hydrogens is 438 g/mol. The number of piperazine rings is 1. The summed E-state index contributed by atoms with van der Waals surface area (Å²) in [7, 11) is -3.74. The molecule has 3 aliphatic rings. The van der Waals surface area contributed by atoms with Crippen molar-refractivity contribution in [3.05, 3.63) is 46.0 Å². The molecule has 2 fully saturated rings. The number of halogens is 1. The SMILES string of the molecule is Cc1cc(C(=O)NC2CC2)cc2c1Oc1c(Cl)cc(N3CCNCC3)cc1CS2(=O)=O. The van der Waals surface area contributed by atoms with Gasteiger partial charge in [-0.05, 0) is 49.6 Å². The molecule has 0 bridgehead atoms. The second-order valence-corrected chi connectivity index (χ2v) is 10.7. The van der Waals surface area contributed by atoms with Crippen LogP contribution in [0.4, 0.5) is 5.69 Å². The fourth-order valence-electron chi connectivity index (χ4n) is 4.08. The van der Waals surface area contributed by atoms with E-state index in [-0.39, 0.29) is 28.3 Å². The molecule has 31 heavy (non-hydrogen) atoms. The Hall–Kier alpha value is -2.29. The van der Waals surface area contributed by atoms with Gasteiger partial charge >= 0.3 is 0 Å². The minimum absolute atomic E-state index is 0.0319. The van der Waals surface area contributed by atoms with Crippen LogP contribution in [0.1, 0.15) is 34.3 Å². The molecular formula is C22H24ClN3O4S. The average Bonchev–Trinajstić information content (AvgIpc) is 3.55. The standard InChI is InChI=1S/C22H24ClN3O4S/c1-13-8-14(22(27)25-16-2-3-16)10-19-20(13)30-21-15(12-31(19,28)29)9-17(11-18(21)23)26-6-4-24-5-7-26/h8-11,16,24H,2-7,12H2,1H3,(H,25,27). The molecule has 2 N–H and O–H groups in total. The van der Waals surface area contributed by atoms with Gasteiger partial charge in [0.05, 0.1) is 10.8 Å². The number of aryl methyl sites for hydroxylation is 1. The Balaban J connectivity index is 1.56. The van der Waals surface area contributed by atoms with Gasteiger partial charge in [-0.2, -0.15) is 0 Å². The summed E-state index contributed by atoms with van der Waals surface area (Å²) >= 11 is 6.57. The Labute approximate surface area is 186 Å². The van der Waals surface area contributed by atoms with E-state index in [2.05, 4.69) is 15.5 Å². The number of hydrogen-bond donors (Lipinski definition) is 2. The second kappa shape index (κ2) is 7.69. The van der Waals surface area contributed by atoms with E-state index in [9.17, 15) is 13.2 Å². The van der Waals surface area contributed by atoms with Gasteiger partial charge in [0.25, 0.3) is 5.91 Å². The quantitative estimate of drug-likeness (QED) is 0.730. The van der Waals surface area contributed by atoms with Crippen LogP contribution >= 0.6 is 11.6 Å². The van der Waals surface area contributed by atoms with Crippen molar-refractivity contribution < 1.29 is 17.9 Å². The number of nitrogens with zero attached hydrogens (tertiary/aromatic N) is 1. The first-order chi connectivity index (χ1) is 14.8. The minimum Gasteiger partial charge on any atom is -0.454 e. The highest BCUT2D eigenvalue weighted by Crippen LogP contribution is 2.45. The molecule has 7 nitrogen and oxygen atoms in total. The van der Waals surface area contributed by atoms with Gasteiger partial charge in [0.2, 0.25) is 0 Å². The third-order valence-corrected chi connectivity index (χ3v) is 7.83. The number of carbonyl (C=O) groups is 1. The first-order valence-corrected chi connectivity index (χ1v) is 12.5. The van der Waals surface area contributed by atoms with E-state index in [1.165, 1.54) is 6.07 Å². The molecule has 2 aliphatic heterocycles. The zero-order valence-electron chi connectivity index (χ0n) is 17.2. The second-order valence-electron chi connectivity index (χ2n) is 8.38. The van der Waals surface area contributed by atoms with Crippen LogP contribution in [0.5, 0.6) is 11.5 Å². The van der Waals surface area contributed by atoms with Gasteiger partial charge in [-0.1, -0.05) is 11.6 Å². The molecule has 5 rings (SSSR count). The molecule has 0 radical (unpaired) electrons. The third kappa shape index (κ3) is 4.00. The number of hydrogen-bond acceptors (Lipinski definition) is 6. The topological polar surface area (TPSA) is 87.7 Å². The highest BCUT2D eigenvalue weighted by molar-refractivity contribution is 7.90. The molecule has 0 unspecified atom stereocenters. The average molecular weight is 462 g/mol. The van der Waals surface area contributed by atoms with Crippen molar-refractivity contribution >= 4 is 33.0 Å². The van der Waals surface area contributed by atoms with E-state index in [0.29, 0.717) is 27.5 Å². The summed E-state index contributed by atoms with van der Waals surface area (Å²) in [5.41, 5.74) is 2.32. The molecule has 1 saturated carbocycles. The van der Waals surface area contributed by atoms with Crippen LogP contribution < -0.4 is 20.3 Å². The summed E-state index contributed by atoms with van der Waals surface area (Å²) < 4.78 is 32.8. The zero-order chi connectivity index (χ0) is 21.8. The summed E-state index contributed by atoms with van der Waals surface area (Å²) in [5, 5.41) is 6.59. The lowest BCUT2D eigenvalue weighted by atomic mass is 10.1. The monoisotopic (exact) mass is 461 g/mol. The Bertz CT molecular complexity index is 1170. The zero-order valence-corrected chi connectivity index (χ0v) is 18.8. The molecule has 1 aliphatic carbocycles. The van der Waals surface area contributed by atoms with E-state index in [1.807, 2.05) is 12.1 Å². The fourth-order valence-corrected chi connectivity index (χ4v) is 5.92. The summed E-state index contributed by atoms with van der Waals surface area (Å²) in [6, 6.07) is 6.96. The number of sulfone groups is 1. The third-order valence-electron chi connectivity index (χ3n) is 5.89. The maximum Gasteiger partial charge on any atom is 0.251 e. The number of rotatable bonds is 3. The number of amides is 1. The van der Waals surface area contributed by atoms with Crippen LogP contribution in [-0.4, -0.2) is 46.5 Å². The van der Waals surface area contributed by atoms with Crippen LogP contribution in [0.2, 0.25) is 5.02 Å². The lowest BCUT2D eigenvalue weighted by molar-refractivity contribution is 0.0950. The molecule has 1 saturated heterocycles. The normalized spacial score (nSPS) is 19.6. The lowest BCUT2D eigenvalue weighted by Gasteiger charge is -2.30. The van der Waals surface area contributed by atoms with Crippen molar-refractivity contribution in [1.82, 2.24) is 10.6 Å². The maximum absolute atomic E-state index is 13.3. The highest BCUT2D eigenvalue weighted by atomic mass is 35.5. The predicted molar refractivity (Wildman–Crippen MR) is 119 cm³/mol. The minimum atomic E-state index is -3.74. The largest absolute Gasteiger partial charge is 0.454 e. The number of anilines is 1. The van der Waals surface area contributed by atoms with Crippen molar-refractivity contribution in [2.24, 2.45) is 0 Å². The number of carbonyl (C=O) groups excluding carboxylic acids is 1. The predicted octanol–water partition coefficient (Wildman–Crippen LogP) is 3.03. The van der Waals surface area contributed by atoms with E-state index in [0.717, 1.165) is 44.7 Å². The summed E-state index contributed by atoms with van der Waals surface area (Å²) in [5.74, 6) is 0.103. The smallest absolute Gasteiger partial charge is 0.251 e. The molecule has 0 spiro atoms. The number of fused-ring (bicyclic) bond motifs is 2. The Morgan fingerprint density at radius 3 is 2.61 bits per heavy atom. The number of ether oxygens (including phenoxy) is 1. The van der Waals surface area contributed by atoms with Crippen LogP contribution in [0.3, 0.4) is 0 Å². The van der Waals surface area contributed by atoms with Crippen molar-refractivity contribution in [2.45, 2.75) is 36.5 Å². The van der Waals surface area contributed by atoms with Crippen LogP contribution in [0.15, 0.2) is 29.2 Å². The van der Waals surface area contributed by atoms with Gasteiger partial charge in [0.1, 0.15) is 16.4 Å². The van der Waals surface area contributed by atoms with E-state index >= 15 is 0 Å². The maximum atomic E-state index is 13.3. The Kier molecular flexibility index (Phi) is 5.11. The van der Waals surface area contributed by atoms with Gasteiger partial charge in [0.15, 0.2) is 9.84 Å². The molecule has 0 atom stereocenters. The van der Waals surface area contributed by atoms with Gasteiger partial charge in [0, 0.05) is 49.0 Å². The number of benzene rings is 2. The Morgan fingerprint density at radius 2 is 1.90 bits per heavy atom. The molecule has 2 heterocycles. The van der Waals surface area contributed by atoms with Gasteiger partial charge in [-0.3, -0.25) is 4.79 Å². The lowest BCUT2D eigenvalue weighted by Crippen LogP contribution is -2.43. The first-order valence-electron chi connectivity index (χ1n) is 10.5. The molecule has 164 valence electrons. The molecule has 9 heteroatoms. The van der Waals surface area contributed by atoms with Gasteiger partial charge < -0.3 is 20.3 Å². The van der Waals surface area contributed by atoms with Crippen molar-refractivity contribution in [3.8, 4) is 11.5 Å². The van der Waals surface area contributed by atoms with Crippen molar-refractivity contribution in [3.63, 3.8) is 0 Å². The van der Waals surface area contributed by atoms with Crippen LogP contribution in [0.25, 0.3) is 0 Å². The number of nitrogens with one attached hydrogen (secondary N) is 2. The molecule has 2 aromatic rings. The van der Waals surface area contributed by atoms with Crippen molar-refractivity contribution in [2.75, 3.05) is 31.1 Å². The van der Waals surface area contributed by atoms with Gasteiger partial charge in [-0.15, -0.1) is 0 Å².